The molecule has 0 radical (unpaired) electrons. The largest absolute Gasteiger partial charge is 0.327 e. The van der Waals surface area contributed by atoms with Crippen LogP contribution in [0.2, 0.25) is 0 Å². The molecule has 1 atom stereocenters. The summed E-state index contributed by atoms with van der Waals surface area (Å²) in [6.45, 7) is 5.37. The first-order valence-electron chi connectivity index (χ1n) is 9.00. The molecule has 1 saturated heterocycles. The van der Waals surface area contributed by atoms with Crippen LogP contribution in [0.3, 0.4) is 0 Å². The first-order valence-corrected chi connectivity index (χ1v) is 9.00. The molecule has 0 unspecified atom stereocenters. The van der Waals surface area contributed by atoms with Gasteiger partial charge in [-0.1, -0.05) is 29.8 Å². The zero-order chi connectivity index (χ0) is 18.5. The van der Waals surface area contributed by atoms with Gasteiger partial charge in [0.05, 0.1) is 12.1 Å². The van der Waals surface area contributed by atoms with Gasteiger partial charge in [-0.15, -0.1) is 0 Å². The summed E-state index contributed by atoms with van der Waals surface area (Å²) in [6.07, 6.45) is 5.01. The molecule has 2 amide bonds. The Hall–Kier alpha value is -2.87. The van der Waals surface area contributed by atoms with E-state index in [0.29, 0.717) is 13.1 Å². The maximum Gasteiger partial charge on any atom is 0.318 e. The second-order valence-corrected chi connectivity index (χ2v) is 6.92. The smallest absolute Gasteiger partial charge is 0.318 e. The van der Waals surface area contributed by atoms with E-state index in [4.69, 9.17) is 5.26 Å². The van der Waals surface area contributed by atoms with E-state index in [0.717, 1.165) is 29.5 Å². The van der Waals surface area contributed by atoms with Crippen LogP contribution in [-0.2, 0) is 0 Å². The number of amides is 2. The van der Waals surface area contributed by atoms with E-state index in [1.807, 2.05) is 12.1 Å². The lowest BCUT2D eigenvalue weighted by Gasteiger charge is -2.31. The first kappa shape index (κ1) is 17.9. The Bertz CT molecular complexity index is 805. The van der Waals surface area contributed by atoms with Crippen molar-refractivity contribution in [3.05, 3.63) is 65.0 Å². The summed E-state index contributed by atoms with van der Waals surface area (Å²) >= 11 is 0. The molecule has 1 aliphatic heterocycles. The van der Waals surface area contributed by atoms with Crippen LogP contribution in [0.1, 0.15) is 41.1 Å². The molecular weight excluding hydrogens is 324 g/mol. The number of aryl methyl sites for hydroxylation is 2. The van der Waals surface area contributed by atoms with E-state index in [-0.39, 0.29) is 18.0 Å². The van der Waals surface area contributed by atoms with E-state index in [2.05, 4.69) is 48.4 Å². The second kappa shape index (κ2) is 8.01. The zero-order valence-corrected chi connectivity index (χ0v) is 15.3. The number of benzene rings is 1. The van der Waals surface area contributed by atoms with Crippen LogP contribution in [0, 0.1) is 31.1 Å². The predicted molar refractivity (Wildman–Crippen MR) is 100 cm³/mol. The molecule has 3 rings (SSSR count). The number of pyridine rings is 1. The van der Waals surface area contributed by atoms with E-state index in [1.54, 1.807) is 17.3 Å². The molecule has 2 heterocycles. The third kappa shape index (κ3) is 4.02. The summed E-state index contributed by atoms with van der Waals surface area (Å²) < 4.78 is 0. The summed E-state index contributed by atoms with van der Waals surface area (Å²) in [5.41, 5.74) is 4.37. The van der Waals surface area contributed by atoms with Crippen molar-refractivity contribution in [3.63, 3.8) is 0 Å². The highest BCUT2D eigenvalue weighted by atomic mass is 16.2. The minimum absolute atomic E-state index is 0.0625. The van der Waals surface area contributed by atoms with E-state index >= 15 is 0 Å². The lowest BCUT2D eigenvalue weighted by Crippen LogP contribution is -2.45. The summed E-state index contributed by atoms with van der Waals surface area (Å²) in [7, 11) is 0. The molecule has 1 aromatic carbocycles. The van der Waals surface area contributed by atoms with E-state index < -0.39 is 0 Å². The molecule has 1 N–H and O–H groups in total. The van der Waals surface area contributed by atoms with Gasteiger partial charge in [0.15, 0.2) is 0 Å². The minimum atomic E-state index is -0.245. The summed E-state index contributed by atoms with van der Waals surface area (Å²) in [4.78, 5) is 18.9. The lowest BCUT2D eigenvalue weighted by atomic mass is 9.94. The number of carbonyl (C=O) groups excluding carboxylic acids is 1. The molecule has 26 heavy (non-hydrogen) atoms. The van der Waals surface area contributed by atoms with Crippen molar-refractivity contribution in [2.75, 3.05) is 13.1 Å². The van der Waals surface area contributed by atoms with Crippen LogP contribution < -0.4 is 5.32 Å². The SMILES string of the molecule is Cc1ccc([C@H](NC(=O)N2CCC(C#N)CC2)c2cccnc2)c(C)c1. The van der Waals surface area contributed by atoms with E-state index in [9.17, 15) is 4.79 Å². The Balaban J connectivity index is 1.83. The number of hydrogen-bond donors (Lipinski definition) is 1. The van der Waals surface area contributed by atoms with Crippen LogP contribution in [0.4, 0.5) is 4.79 Å². The number of nitriles is 1. The van der Waals surface area contributed by atoms with Gasteiger partial charge < -0.3 is 10.2 Å². The van der Waals surface area contributed by atoms with Gasteiger partial charge in [-0.3, -0.25) is 4.98 Å². The van der Waals surface area contributed by atoms with Gasteiger partial charge in [0.25, 0.3) is 0 Å². The number of nitrogens with zero attached hydrogens (tertiary/aromatic N) is 3. The third-order valence-electron chi connectivity index (χ3n) is 4.99. The quantitative estimate of drug-likeness (QED) is 0.919. The van der Waals surface area contributed by atoms with Crippen LogP contribution in [0.5, 0.6) is 0 Å². The molecule has 134 valence electrons. The Morgan fingerprint density at radius 2 is 2.08 bits per heavy atom. The summed E-state index contributed by atoms with van der Waals surface area (Å²) in [6, 6.07) is 12.1. The molecule has 1 aromatic heterocycles. The molecule has 0 aliphatic carbocycles. The highest BCUT2D eigenvalue weighted by Gasteiger charge is 2.26. The Labute approximate surface area is 154 Å². The fourth-order valence-corrected chi connectivity index (χ4v) is 3.46. The average Bonchev–Trinajstić information content (AvgIpc) is 2.67. The zero-order valence-electron chi connectivity index (χ0n) is 15.3. The fourth-order valence-electron chi connectivity index (χ4n) is 3.46. The van der Waals surface area contributed by atoms with Crippen molar-refractivity contribution in [1.82, 2.24) is 15.2 Å². The number of aromatic nitrogens is 1. The van der Waals surface area contributed by atoms with Crippen LogP contribution in [-0.4, -0.2) is 29.0 Å². The summed E-state index contributed by atoms with van der Waals surface area (Å²) in [5, 5.41) is 12.2. The number of hydrogen-bond acceptors (Lipinski definition) is 3. The topological polar surface area (TPSA) is 69.0 Å². The Kier molecular flexibility index (Phi) is 5.52. The normalized spacial score (nSPS) is 16.0. The van der Waals surface area contributed by atoms with Gasteiger partial charge >= 0.3 is 6.03 Å². The molecule has 1 aliphatic rings. The molecule has 1 fully saturated rings. The molecular formula is C21H24N4O. The summed E-state index contributed by atoms with van der Waals surface area (Å²) in [5.74, 6) is 0.0625. The van der Waals surface area contributed by atoms with Gasteiger partial charge in [-0.2, -0.15) is 5.26 Å². The number of piperidine rings is 1. The van der Waals surface area contributed by atoms with E-state index in [1.165, 1.54) is 5.56 Å². The highest BCUT2D eigenvalue weighted by molar-refractivity contribution is 5.75. The standard InChI is InChI=1S/C21H24N4O/c1-15-5-6-19(16(2)12-15)20(18-4-3-9-23-14-18)24-21(26)25-10-7-17(13-22)8-11-25/h3-6,9,12,14,17,20H,7-8,10-11H2,1-2H3,(H,24,26)/t20-/m1/s1. The fraction of sp³-hybridized carbons (Fsp3) is 0.381. The number of likely N-dealkylation sites (tertiary alicyclic amines) is 1. The monoisotopic (exact) mass is 348 g/mol. The molecule has 5 heteroatoms. The van der Waals surface area contributed by atoms with Crippen molar-refractivity contribution in [3.8, 4) is 6.07 Å². The van der Waals surface area contributed by atoms with Gasteiger partial charge in [-0.25, -0.2) is 4.79 Å². The van der Waals surface area contributed by atoms with Crippen molar-refractivity contribution in [2.45, 2.75) is 32.7 Å². The van der Waals surface area contributed by atoms with Crippen molar-refractivity contribution < 1.29 is 4.79 Å². The predicted octanol–water partition coefficient (Wildman–Crippen LogP) is 3.73. The Morgan fingerprint density at radius 3 is 2.69 bits per heavy atom. The first-order chi connectivity index (χ1) is 12.6. The van der Waals surface area contributed by atoms with Crippen molar-refractivity contribution in [2.24, 2.45) is 5.92 Å². The van der Waals surface area contributed by atoms with Gasteiger partial charge in [0, 0.05) is 31.4 Å². The number of urea groups is 1. The highest BCUT2D eigenvalue weighted by Crippen LogP contribution is 2.26. The van der Waals surface area contributed by atoms with Gasteiger partial charge in [-0.05, 0) is 49.4 Å². The van der Waals surface area contributed by atoms with Crippen LogP contribution >= 0.6 is 0 Å². The Morgan fingerprint density at radius 1 is 1.31 bits per heavy atom. The molecule has 5 nitrogen and oxygen atoms in total. The minimum Gasteiger partial charge on any atom is -0.327 e. The number of carbonyl (C=O) groups is 1. The maximum atomic E-state index is 12.8. The maximum absolute atomic E-state index is 12.8. The van der Waals surface area contributed by atoms with Crippen LogP contribution in [0.25, 0.3) is 0 Å². The molecule has 2 aromatic rings. The van der Waals surface area contributed by atoms with Gasteiger partial charge in [0.1, 0.15) is 0 Å². The number of rotatable bonds is 3. The van der Waals surface area contributed by atoms with Gasteiger partial charge in [0.2, 0.25) is 0 Å². The van der Waals surface area contributed by atoms with Crippen molar-refractivity contribution in [1.29, 1.82) is 5.26 Å². The molecule has 0 bridgehead atoms. The average molecular weight is 348 g/mol. The molecule has 0 spiro atoms. The van der Waals surface area contributed by atoms with Crippen molar-refractivity contribution >= 4 is 6.03 Å². The third-order valence-corrected chi connectivity index (χ3v) is 4.99. The van der Waals surface area contributed by atoms with Crippen LogP contribution in [0.15, 0.2) is 42.7 Å². The number of nitrogens with one attached hydrogen (secondary N) is 1. The second-order valence-electron chi connectivity index (χ2n) is 6.92. The lowest BCUT2D eigenvalue weighted by molar-refractivity contribution is 0.177. The molecule has 0 saturated carbocycles.